The summed E-state index contributed by atoms with van der Waals surface area (Å²) in [6, 6.07) is 14.3. The summed E-state index contributed by atoms with van der Waals surface area (Å²) in [6.45, 7) is 0. The van der Waals surface area contributed by atoms with Gasteiger partial charge in [-0.3, -0.25) is 0 Å². The second kappa shape index (κ2) is 7.38. The van der Waals surface area contributed by atoms with Crippen LogP contribution in [-0.2, 0) is 16.0 Å². The first-order valence-electron chi connectivity index (χ1n) is 6.84. The molecule has 22 heavy (non-hydrogen) atoms. The fourth-order valence-corrected chi connectivity index (χ4v) is 2.43. The molecule has 2 aromatic rings. The highest BCUT2D eigenvalue weighted by Crippen LogP contribution is 2.26. The first kappa shape index (κ1) is 16.5. The predicted octanol–water partition coefficient (Wildman–Crippen LogP) is 3.39. The number of halogens is 2. The van der Waals surface area contributed by atoms with Crippen LogP contribution in [0.15, 0.2) is 48.5 Å². The van der Waals surface area contributed by atoms with Crippen LogP contribution in [0.1, 0.15) is 5.56 Å². The van der Waals surface area contributed by atoms with E-state index in [0.29, 0.717) is 10.6 Å². The van der Waals surface area contributed by atoms with Crippen LogP contribution in [-0.4, -0.2) is 25.3 Å². The standard InChI is InChI=1S/C17H17ClFNO2/c1-22-17(21)16(19)15(20)10-13-8-7-12(9-14(13)18)11-5-3-2-4-6-11/h2-9,15-16H,10,20H2,1H3. The summed E-state index contributed by atoms with van der Waals surface area (Å²) in [7, 11) is 1.13. The van der Waals surface area contributed by atoms with Gasteiger partial charge in [-0.1, -0.05) is 54.1 Å². The third kappa shape index (κ3) is 3.84. The van der Waals surface area contributed by atoms with Crippen molar-refractivity contribution >= 4 is 17.6 Å². The lowest BCUT2D eigenvalue weighted by atomic mass is 9.99. The second-order valence-electron chi connectivity index (χ2n) is 4.97. The quantitative estimate of drug-likeness (QED) is 0.859. The minimum Gasteiger partial charge on any atom is -0.467 e. The molecule has 0 spiro atoms. The lowest BCUT2D eigenvalue weighted by molar-refractivity contribution is -0.147. The zero-order valence-corrected chi connectivity index (χ0v) is 12.9. The average molecular weight is 322 g/mol. The van der Waals surface area contributed by atoms with Crippen LogP contribution >= 0.6 is 11.6 Å². The van der Waals surface area contributed by atoms with Gasteiger partial charge in [-0.2, -0.15) is 0 Å². The topological polar surface area (TPSA) is 52.3 Å². The van der Waals surface area contributed by atoms with Gasteiger partial charge in [0.15, 0.2) is 0 Å². The maximum absolute atomic E-state index is 13.7. The van der Waals surface area contributed by atoms with E-state index in [-0.39, 0.29) is 6.42 Å². The Balaban J connectivity index is 2.15. The van der Waals surface area contributed by atoms with Crippen LogP contribution in [0.5, 0.6) is 0 Å². The van der Waals surface area contributed by atoms with Gasteiger partial charge in [0.05, 0.1) is 13.2 Å². The van der Waals surface area contributed by atoms with Gasteiger partial charge in [-0.05, 0) is 29.2 Å². The molecule has 0 saturated heterocycles. The molecule has 2 N–H and O–H groups in total. The minimum atomic E-state index is -1.87. The summed E-state index contributed by atoms with van der Waals surface area (Å²) in [4.78, 5) is 11.2. The van der Waals surface area contributed by atoms with E-state index in [9.17, 15) is 9.18 Å². The van der Waals surface area contributed by atoms with Crippen molar-refractivity contribution in [2.75, 3.05) is 7.11 Å². The number of benzene rings is 2. The molecule has 0 aliphatic carbocycles. The summed E-state index contributed by atoms with van der Waals surface area (Å²) in [5.41, 5.74) is 8.41. The number of carbonyl (C=O) groups is 1. The molecule has 116 valence electrons. The Morgan fingerprint density at radius 1 is 1.23 bits per heavy atom. The highest BCUT2D eigenvalue weighted by atomic mass is 35.5. The first-order chi connectivity index (χ1) is 10.5. The van der Waals surface area contributed by atoms with Gasteiger partial charge in [-0.15, -0.1) is 0 Å². The lowest BCUT2D eigenvalue weighted by Crippen LogP contribution is -2.39. The number of methoxy groups -OCH3 is 1. The van der Waals surface area contributed by atoms with E-state index < -0.39 is 18.2 Å². The van der Waals surface area contributed by atoms with E-state index in [1.54, 1.807) is 6.07 Å². The van der Waals surface area contributed by atoms with Crippen LogP contribution in [0.2, 0.25) is 5.02 Å². The number of ether oxygens (including phenoxy) is 1. The molecule has 0 bridgehead atoms. The Morgan fingerprint density at radius 3 is 2.50 bits per heavy atom. The molecular formula is C17H17ClFNO2. The third-order valence-corrected chi connectivity index (χ3v) is 3.77. The van der Waals surface area contributed by atoms with Crippen molar-refractivity contribution in [1.82, 2.24) is 0 Å². The molecular weight excluding hydrogens is 305 g/mol. The van der Waals surface area contributed by atoms with Gasteiger partial charge < -0.3 is 10.5 Å². The van der Waals surface area contributed by atoms with Crippen LogP contribution in [0.25, 0.3) is 11.1 Å². The molecule has 0 radical (unpaired) electrons. The zero-order chi connectivity index (χ0) is 16.1. The van der Waals surface area contributed by atoms with E-state index in [4.69, 9.17) is 17.3 Å². The van der Waals surface area contributed by atoms with Gasteiger partial charge >= 0.3 is 5.97 Å². The molecule has 0 saturated carbocycles. The van der Waals surface area contributed by atoms with Crippen molar-refractivity contribution in [3.63, 3.8) is 0 Å². The third-order valence-electron chi connectivity index (χ3n) is 3.42. The van der Waals surface area contributed by atoms with Gasteiger partial charge in [0, 0.05) is 5.02 Å². The second-order valence-corrected chi connectivity index (χ2v) is 5.37. The molecule has 2 unspecified atom stereocenters. The Hall–Kier alpha value is -1.91. The summed E-state index contributed by atoms with van der Waals surface area (Å²) >= 11 is 6.25. The smallest absolute Gasteiger partial charge is 0.342 e. The Bertz CT molecular complexity index is 648. The zero-order valence-electron chi connectivity index (χ0n) is 12.1. The molecule has 3 nitrogen and oxygen atoms in total. The number of nitrogens with two attached hydrogens (primary N) is 1. The minimum absolute atomic E-state index is 0.157. The molecule has 0 fully saturated rings. The van der Waals surface area contributed by atoms with Crippen molar-refractivity contribution in [3.8, 4) is 11.1 Å². The molecule has 2 atom stereocenters. The fourth-order valence-electron chi connectivity index (χ4n) is 2.17. The van der Waals surface area contributed by atoms with Crippen molar-refractivity contribution < 1.29 is 13.9 Å². The number of carbonyl (C=O) groups excluding carboxylic acids is 1. The van der Waals surface area contributed by atoms with Gasteiger partial charge in [0.1, 0.15) is 0 Å². The Morgan fingerprint density at radius 2 is 1.91 bits per heavy atom. The van der Waals surface area contributed by atoms with Crippen LogP contribution in [0.3, 0.4) is 0 Å². The SMILES string of the molecule is COC(=O)C(F)C(N)Cc1ccc(-c2ccccc2)cc1Cl. The summed E-state index contributed by atoms with van der Waals surface area (Å²) < 4.78 is 18.1. The largest absolute Gasteiger partial charge is 0.467 e. The van der Waals surface area contributed by atoms with Gasteiger partial charge in [-0.25, -0.2) is 9.18 Å². The Labute approximate surface area is 133 Å². The molecule has 2 rings (SSSR count). The fraction of sp³-hybridized carbons (Fsp3) is 0.235. The van der Waals surface area contributed by atoms with Crippen LogP contribution in [0, 0.1) is 0 Å². The number of rotatable bonds is 5. The van der Waals surface area contributed by atoms with Crippen LogP contribution in [0.4, 0.5) is 4.39 Å². The van der Waals surface area contributed by atoms with Crippen molar-refractivity contribution in [2.24, 2.45) is 5.73 Å². The van der Waals surface area contributed by atoms with Crippen molar-refractivity contribution in [3.05, 3.63) is 59.1 Å². The summed E-state index contributed by atoms with van der Waals surface area (Å²) in [5.74, 6) is -0.968. The first-order valence-corrected chi connectivity index (χ1v) is 7.22. The highest BCUT2D eigenvalue weighted by molar-refractivity contribution is 6.31. The van der Waals surface area contributed by atoms with E-state index in [0.717, 1.165) is 18.2 Å². The summed E-state index contributed by atoms with van der Waals surface area (Å²) in [6.07, 6.45) is -1.71. The number of alkyl halides is 1. The maximum atomic E-state index is 13.7. The Kier molecular flexibility index (Phi) is 5.52. The predicted molar refractivity (Wildman–Crippen MR) is 85.5 cm³/mol. The number of esters is 1. The van der Waals surface area contributed by atoms with E-state index in [2.05, 4.69) is 4.74 Å². The molecule has 0 aliphatic rings. The molecule has 0 heterocycles. The number of hydrogen-bond acceptors (Lipinski definition) is 3. The average Bonchev–Trinajstić information content (AvgIpc) is 2.55. The van der Waals surface area contributed by atoms with Crippen molar-refractivity contribution in [1.29, 1.82) is 0 Å². The monoisotopic (exact) mass is 321 g/mol. The summed E-state index contributed by atoms with van der Waals surface area (Å²) in [5, 5.41) is 0.494. The molecule has 0 aromatic heterocycles. The van der Waals surface area contributed by atoms with Crippen molar-refractivity contribution in [2.45, 2.75) is 18.6 Å². The molecule has 0 aliphatic heterocycles. The maximum Gasteiger partial charge on any atom is 0.342 e. The van der Waals surface area contributed by atoms with E-state index >= 15 is 0 Å². The van der Waals surface area contributed by atoms with Gasteiger partial charge in [0.25, 0.3) is 0 Å². The lowest BCUT2D eigenvalue weighted by Gasteiger charge is -2.16. The molecule has 5 heteroatoms. The highest BCUT2D eigenvalue weighted by Gasteiger charge is 2.26. The molecule has 2 aromatic carbocycles. The number of hydrogen-bond donors (Lipinski definition) is 1. The molecule has 0 amide bonds. The normalized spacial score (nSPS) is 13.5. The van der Waals surface area contributed by atoms with Gasteiger partial charge in [0.2, 0.25) is 6.17 Å². The van der Waals surface area contributed by atoms with Crippen LogP contribution < -0.4 is 5.73 Å². The van der Waals surface area contributed by atoms with E-state index in [1.165, 1.54) is 0 Å². The van der Waals surface area contributed by atoms with E-state index in [1.807, 2.05) is 42.5 Å².